The van der Waals surface area contributed by atoms with E-state index in [1.807, 2.05) is 12.1 Å². The molecule has 0 amide bonds. The Hall–Kier alpha value is -3.27. The number of rotatable bonds is 4. The summed E-state index contributed by atoms with van der Waals surface area (Å²) in [5, 5.41) is 3.98. The smallest absolute Gasteiger partial charge is 0.165 e. The van der Waals surface area contributed by atoms with E-state index in [1.165, 1.54) is 6.07 Å². The molecule has 1 fully saturated rings. The Kier molecular flexibility index (Phi) is 4.42. The number of hydrogen-bond donors (Lipinski definition) is 2. The summed E-state index contributed by atoms with van der Waals surface area (Å²) in [6.45, 7) is 1.60. The van der Waals surface area contributed by atoms with E-state index in [0.717, 1.165) is 5.39 Å². The average Bonchev–Trinajstić information content (AvgIpc) is 3.56. The van der Waals surface area contributed by atoms with E-state index in [1.54, 1.807) is 38.6 Å². The molecule has 3 heterocycles. The van der Waals surface area contributed by atoms with Crippen LogP contribution in [-0.2, 0) is 15.4 Å². The van der Waals surface area contributed by atoms with Gasteiger partial charge in [0.15, 0.2) is 15.7 Å². The van der Waals surface area contributed by atoms with Crippen molar-refractivity contribution in [3.63, 3.8) is 0 Å². The molecular formula is C22H22FN5O3S. The molecule has 8 nitrogen and oxygen atoms in total. The van der Waals surface area contributed by atoms with Crippen molar-refractivity contribution in [2.75, 3.05) is 18.2 Å². The minimum Gasteiger partial charge on any atom is -0.495 e. The summed E-state index contributed by atoms with van der Waals surface area (Å²) < 4.78 is 44.9. The molecule has 0 radical (unpaired) electrons. The number of pyridine rings is 2. The Morgan fingerprint density at radius 1 is 1.19 bits per heavy atom. The number of hydrogen-bond acceptors (Lipinski definition) is 8. The number of anilines is 2. The number of nitrogens with one attached hydrogen (secondary N) is 1. The number of halogens is 1. The predicted octanol–water partition coefficient (Wildman–Crippen LogP) is 3.05. The van der Waals surface area contributed by atoms with Gasteiger partial charge < -0.3 is 15.8 Å². The molecule has 3 aromatic rings. The van der Waals surface area contributed by atoms with Gasteiger partial charge in [0.2, 0.25) is 0 Å². The van der Waals surface area contributed by atoms with Crippen LogP contribution in [0, 0.1) is 5.82 Å². The number of sulfone groups is 1. The maximum Gasteiger partial charge on any atom is 0.165 e. The number of aliphatic imine (C=N–C) groups is 1. The Morgan fingerprint density at radius 3 is 2.66 bits per heavy atom. The van der Waals surface area contributed by atoms with Crippen molar-refractivity contribution in [3.8, 4) is 5.75 Å². The molecule has 1 aliphatic heterocycles. The molecule has 3 N–H and O–H groups in total. The zero-order valence-electron chi connectivity index (χ0n) is 17.6. The number of benzene rings is 1. The Labute approximate surface area is 184 Å². The number of fused-ring (bicyclic) bond motifs is 1. The van der Waals surface area contributed by atoms with Crippen LogP contribution in [0.1, 0.15) is 25.3 Å². The molecule has 1 aromatic carbocycles. The summed E-state index contributed by atoms with van der Waals surface area (Å²) in [6.07, 6.45) is 4.15. The normalized spacial score (nSPS) is 23.0. The lowest BCUT2D eigenvalue weighted by Crippen LogP contribution is -2.50. The summed E-state index contributed by atoms with van der Waals surface area (Å²) in [4.78, 5) is 13.2. The van der Waals surface area contributed by atoms with Gasteiger partial charge in [-0.25, -0.2) is 22.8 Å². The van der Waals surface area contributed by atoms with Crippen LogP contribution in [0.25, 0.3) is 10.9 Å². The van der Waals surface area contributed by atoms with Crippen molar-refractivity contribution in [2.24, 2.45) is 10.7 Å². The molecule has 1 unspecified atom stereocenters. The predicted molar refractivity (Wildman–Crippen MR) is 120 cm³/mol. The summed E-state index contributed by atoms with van der Waals surface area (Å²) in [7, 11) is -1.99. The second-order valence-corrected chi connectivity index (χ2v) is 10.7. The lowest BCUT2D eigenvalue weighted by atomic mass is 9.93. The van der Waals surface area contributed by atoms with Gasteiger partial charge in [0, 0.05) is 22.8 Å². The number of amidine groups is 1. The number of nitrogens with two attached hydrogens (primary N) is 1. The van der Waals surface area contributed by atoms with Crippen molar-refractivity contribution >= 4 is 38.1 Å². The largest absolute Gasteiger partial charge is 0.495 e. The number of nitrogens with zero attached hydrogens (tertiary/aromatic N) is 3. The average molecular weight is 456 g/mol. The van der Waals surface area contributed by atoms with Crippen molar-refractivity contribution in [2.45, 2.75) is 30.1 Å². The molecule has 2 aliphatic rings. The quantitative estimate of drug-likeness (QED) is 0.620. The highest BCUT2D eigenvalue weighted by Gasteiger charge is 2.62. The van der Waals surface area contributed by atoms with E-state index >= 15 is 0 Å². The van der Waals surface area contributed by atoms with Gasteiger partial charge in [0.1, 0.15) is 33.2 Å². The maximum absolute atomic E-state index is 14.9. The minimum absolute atomic E-state index is 0.0675. The first kappa shape index (κ1) is 20.6. The van der Waals surface area contributed by atoms with Gasteiger partial charge in [-0.2, -0.15) is 0 Å². The fourth-order valence-electron chi connectivity index (χ4n) is 4.28. The van der Waals surface area contributed by atoms with E-state index in [4.69, 9.17) is 10.5 Å². The molecule has 0 saturated heterocycles. The van der Waals surface area contributed by atoms with Gasteiger partial charge in [0.25, 0.3) is 0 Å². The molecule has 0 bridgehead atoms. The monoisotopic (exact) mass is 455 g/mol. The Bertz CT molecular complexity index is 1390. The topological polar surface area (TPSA) is 120 Å². The first-order valence-corrected chi connectivity index (χ1v) is 11.8. The van der Waals surface area contributed by atoms with Crippen molar-refractivity contribution in [3.05, 3.63) is 54.1 Å². The van der Waals surface area contributed by atoms with Gasteiger partial charge in [-0.3, -0.25) is 4.99 Å². The van der Waals surface area contributed by atoms with E-state index in [-0.39, 0.29) is 17.2 Å². The standard InChI is InChI=1S/C22H22FN5O3S/c1-21(12-32(29,30)22(6-7-22)20(24)28-21)16-10-14(3-4-17(16)23)27-19-18-13(5-8-25-19)9-15(31-2)11-26-18/h3-5,8-11H,6-7,12H2,1-2H3,(H2,24,28)(H,25,27). The van der Waals surface area contributed by atoms with Crippen LogP contribution in [0.4, 0.5) is 15.9 Å². The lowest BCUT2D eigenvalue weighted by Gasteiger charge is -2.34. The molecule has 1 spiro atoms. The molecule has 10 heteroatoms. The van der Waals surface area contributed by atoms with Crippen LogP contribution in [-0.4, -0.2) is 41.8 Å². The number of ether oxygens (including phenoxy) is 1. The first-order valence-electron chi connectivity index (χ1n) is 10.1. The highest BCUT2D eigenvalue weighted by Crippen LogP contribution is 2.50. The van der Waals surface area contributed by atoms with E-state index < -0.39 is 25.9 Å². The summed E-state index contributed by atoms with van der Waals surface area (Å²) in [6, 6.07) is 8.04. The second-order valence-electron chi connectivity index (χ2n) is 8.45. The van der Waals surface area contributed by atoms with Crippen molar-refractivity contribution < 1.29 is 17.5 Å². The molecule has 1 atom stereocenters. The van der Waals surface area contributed by atoms with E-state index in [0.29, 0.717) is 35.6 Å². The first-order chi connectivity index (χ1) is 15.2. The third-order valence-electron chi connectivity index (χ3n) is 6.22. The van der Waals surface area contributed by atoms with Crippen LogP contribution >= 0.6 is 0 Å². The molecule has 166 valence electrons. The fourth-order valence-corrected chi connectivity index (χ4v) is 6.61. The summed E-state index contributed by atoms with van der Waals surface area (Å²) in [5.74, 6) is 0.316. The molecule has 1 aliphatic carbocycles. The molecule has 1 saturated carbocycles. The van der Waals surface area contributed by atoms with Crippen molar-refractivity contribution in [1.29, 1.82) is 0 Å². The SMILES string of the molecule is COc1cnc2c(Nc3ccc(F)c(C4(C)CS(=O)(=O)C5(CC5)C(N)=N4)c3)nccc2c1. The lowest BCUT2D eigenvalue weighted by molar-refractivity contribution is 0.414. The highest BCUT2D eigenvalue weighted by molar-refractivity contribution is 7.94. The molecule has 2 aromatic heterocycles. The third kappa shape index (κ3) is 3.09. The number of aromatic nitrogens is 2. The Balaban J connectivity index is 1.55. The van der Waals surface area contributed by atoms with Crippen LogP contribution in [0.15, 0.2) is 47.7 Å². The summed E-state index contributed by atoms with van der Waals surface area (Å²) in [5.41, 5.74) is 6.03. The fraction of sp³-hybridized carbons (Fsp3) is 0.318. The number of methoxy groups -OCH3 is 1. The van der Waals surface area contributed by atoms with Gasteiger partial charge >= 0.3 is 0 Å². The molecular weight excluding hydrogens is 433 g/mol. The maximum atomic E-state index is 14.9. The highest BCUT2D eigenvalue weighted by atomic mass is 32.2. The minimum atomic E-state index is -3.56. The van der Waals surface area contributed by atoms with Crippen molar-refractivity contribution in [1.82, 2.24) is 9.97 Å². The zero-order valence-corrected chi connectivity index (χ0v) is 18.4. The van der Waals surface area contributed by atoms with Crippen LogP contribution in [0.5, 0.6) is 5.75 Å². The van der Waals surface area contributed by atoms with Gasteiger partial charge in [-0.05, 0) is 50.1 Å². The van der Waals surface area contributed by atoms with E-state index in [9.17, 15) is 12.8 Å². The van der Waals surface area contributed by atoms with Crippen LogP contribution < -0.4 is 15.8 Å². The molecule has 32 heavy (non-hydrogen) atoms. The second kappa shape index (κ2) is 6.86. The zero-order chi connectivity index (χ0) is 22.7. The van der Waals surface area contributed by atoms with Crippen LogP contribution in [0.2, 0.25) is 0 Å². The van der Waals surface area contributed by atoms with Gasteiger partial charge in [-0.1, -0.05) is 0 Å². The summed E-state index contributed by atoms with van der Waals surface area (Å²) >= 11 is 0. The Morgan fingerprint density at radius 2 is 1.97 bits per heavy atom. The van der Waals surface area contributed by atoms with Gasteiger partial charge in [0.05, 0.1) is 19.1 Å². The van der Waals surface area contributed by atoms with Crippen LogP contribution in [0.3, 0.4) is 0 Å². The molecule has 5 rings (SSSR count). The van der Waals surface area contributed by atoms with Gasteiger partial charge in [-0.15, -0.1) is 0 Å². The van der Waals surface area contributed by atoms with E-state index in [2.05, 4.69) is 20.3 Å². The third-order valence-corrected chi connectivity index (χ3v) is 8.97.